The molecule has 1 rings (SSSR count). The summed E-state index contributed by atoms with van der Waals surface area (Å²) in [4.78, 5) is 0. The summed E-state index contributed by atoms with van der Waals surface area (Å²) in [7, 11) is 0. The molecule has 0 aromatic heterocycles. The average molecular weight is 236 g/mol. The number of nitrogens with one attached hydrogen (secondary N) is 1. The van der Waals surface area contributed by atoms with Gasteiger partial charge >= 0.3 is 0 Å². The van der Waals surface area contributed by atoms with Crippen molar-refractivity contribution >= 4 is 0 Å². The van der Waals surface area contributed by atoms with E-state index in [0.717, 1.165) is 12.8 Å². The second kappa shape index (κ2) is 7.43. The van der Waals surface area contributed by atoms with E-state index < -0.39 is 0 Å². The van der Waals surface area contributed by atoms with Crippen molar-refractivity contribution in [2.75, 3.05) is 6.61 Å². The first-order valence-electron chi connectivity index (χ1n) is 6.34. The number of aryl methyl sites for hydroxylation is 1. The van der Waals surface area contributed by atoms with Gasteiger partial charge in [0.2, 0.25) is 0 Å². The molecular weight excluding hydrogens is 212 g/mol. The number of rotatable bonds is 7. The third kappa shape index (κ3) is 4.86. The lowest BCUT2D eigenvalue weighted by Crippen LogP contribution is -2.32. The van der Waals surface area contributed by atoms with Crippen molar-refractivity contribution in [1.29, 1.82) is 0 Å². The first kappa shape index (κ1) is 14.2. The molecule has 1 atom stereocenters. The molecule has 0 aliphatic rings. The van der Waals surface area contributed by atoms with Gasteiger partial charge in [0.1, 0.15) is 0 Å². The lowest BCUT2D eigenvalue weighted by molar-refractivity contribution is 0.0611. The van der Waals surface area contributed by atoms with E-state index in [-0.39, 0.29) is 12.1 Å². The standard InChI is InChI=1S/C14H24N2O/c1-4-6-12-7-5-8-13(9-12)14(16-15)10-17-11(2)3/h5,7-9,11,14,16H,4,6,10,15H2,1-3H3. The lowest BCUT2D eigenvalue weighted by Gasteiger charge is -2.18. The second-order valence-electron chi connectivity index (χ2n) is 4.60. The van der Waals surface area contributed by atoms with Gasteiger partial charge in [0.15, 0.2) is 0 Å². The monoisotopic (exact) mass is 236 g/mol. The highest BCUT2D eigenvalue weighted by molar-refractivity contribution is 5.26. The number of hydrogen-bond donors (Lipinski definition) is 2. The minimum Gasteiger partial charge on any atom is -0.377 e. The summed E-state index contributed by atoms with van der Waals surface area (Å²) in [5, 5.41) is 0. The van der Waals surface area contributed by atoms with E-state index in [9.17, 15) is 0 Å². The quantitative estimate of drug-likeness (QED) is 0.565. The fourth-order valence-corrected chi connectivity index (χ4v) is 1.78. The van der Waals surface area contributed by atoms with Crippen LogP contribution in [0, 0.1) is 0 Å². The summed E-state index contributed by atoms with van der Waals surface area (Å²) in [6, 6.07) is 8.60. The van der Waals surface area contributed by atoms with Crippen molar-refractivity contribution < 1.29 is 4.74 Å². The van der Waals surface area contributed by atoms with Crippen LogP contribution in [0.25, 0.3) is 0 Å². The van der Waals surface area contributed by atoms with Crippen LogP contribution in [0.2, 0.25) is 0 Å². The maximum absolute atomic E-state index is 5.61. The second-order valence-corrected chi connectivity index (χ2v) is 4.60. The number of hydrazine groups is 1. The lowest BCUT2D eigenvalue weighted by atomic mass is 10.0. The van der Waals surface area contributed by atoms with E-state index in [1.54, 1.807) is 0 Å². The molecule has 0 amide bonds. The van der Waals surface area contributed by atoms with Gasteiger partial charge in [0.05, 0.1) is 18.8 Å². The van der Waals surface area contributed by atoms with Crippen LogP contribution in [0.15, 0.2) is 24.3 Å². The van der Waals surface area contributed by atoms with Gasteiger partial charge < -0.3 is 4.74 Å². The molecule has 0 saturated heterocycles. The summed E-state index contributed by atoms with van der Waals surface area (Å²) in [6.45, 7) is 6.85. The van der Waals surface area contributed by atoms with E-state index in [2.05, 4.69) is 36.6 Å². The summed E-state index contributed by atoms with van der Waals surface area (Å²) in [5.74, 6) is 5.59. The Bertz CT molecular complexity index is 326. The molecule has 0 aliphatic heterocycles. The molecule has 3 N–H and O–H groups in total. The number of ether oxygens (including phenoxy) is 1. The molecule has 0 spiro atoms. The van der Waals surface area contributed by atoms with Crippen molar-refractivity contribution in [2.24, 2.45) is 5.84 Å². The first-order valence-corrected chi connectivity index (χ1v) is 6.34. The molecule has 0 aliphatic carbocycles. The van der Waals surface area contributed by atoms with Crippen molar-refractivity contribution in [3.8, 4) is 0 Å². The van der Waals surface area contributed by atoms with Crippen LogP contribution >= 0.6 is 0 Å². The third-order valence-corrected chi connectivity index (χ3v) is 2.69. The van der Waals surface area contributed by atoms with Crippen molar-refractivity contribution in [2.45, 2.75) is 45.8 Å². The van der Waals surface area contributed by atoms with Gasteiger partial charge in [-0.05, 0) is 31.4 Å². The molecule has 1 unspecified atom stereocenters. The van der Waals surface area contributed by atoms with Crippen LogP contribution in [0.4, 0.5) is 0 Å². The molecule has 1 aromatic rings. The van der Waals surface area contributed by atoms with E-state index in [4.69, 9.17) is 10.6 Å². The van der Waals surface area contributed by atoms with E-state index >= 15 is 0 Å². The smallest absolute Gasteiger partial charge is 0.0694 e. The summed E-state index contributed by atoms with van der Waals surface area (Å²) in [5.41, 5.74) is 5.37. The largest absolute Gasteiger partial charge is 0.377 e. The summed E-state index contributed by atoms with van der Waals surface area (Å²) >= 11 is 0. The van der Waals surface area contributed by atoms with Gasteiger partial charge in [-0.1, -0.05) is 37.6 Å². The minimum atomic E-state index is 0.0641. The number of nitrogens with two attached hydrogens (primary N) is 1. The van der Waals surface area contributed by atoms with Crippen molar-refractivity contribution in [1.82, 2.24) is 5.43 Å². The predicted octanol–water partition coefficient (Wildman–Crippen LogP) is 2.57. The van der Waals surface area contributed by atoms with Crippen LogP contribution in [-0.2, 0) is 11.2 Å². The van der Waals surface area contributed by atoms with Crippen LogP contribution in [-0.4, -0.2) is 12.7 Å². The molecule has 0 saturated carbocycles. The fourth-order valence-electron chi connectivity index (χ4n) is 1.78. The Labute approximate surface area is 104 Å². The number of hydrogen-bond acceptors (Lipinski definition) is 3. The topological polar surface area (TPSA) is 47.3 Å². The van der Waals surface area contributed by atoms with Gasteiger partial charge in [0.25, 0.3) is 0 Å². The molecule has 0 fully saturated rings. The van der Waals surface area contributed by atoms with Crippen molar-refractivity contribution in [3.63, 3.8) is 0 Å². The average Bonchev–Trinajstić information content (AvgIpc) is 2.30. The molecule has 0 bridgehead atoms. The first-order chi connectivity index (χ1) is 8.17. The molecule has 0 radical (unpaired) electrons. The molecule has 17 heavy (non-hydrogen) atoms. The van der Waals surface area contributed by atoms with Crippen molar-refractivity contribution in [3.05, 3.63) is 35.4 Å². The van der Waals surface area contributed by atoms with Gasteiger partial charge in [-0.3, -0.25) is 11.3 Å². The molecule has 1 aromatic carbocycles. The predicted molar refractivity (Wildman–Crippen MR) is 71.6 cm³/mol. The van der Waals surface area contributed by atoms with E-state index in [0.29, 0.717) is 6.61 Å². The Morgan fingerprint density at radius 3 is 2.71 bits per heavy atom. The van der Waals surface area contributed by atoms with Crippen LogP contribution < -0.4 is 11.3 Å². The Kier molecular flexibility index (Phi) is 6.19. The molecule has 96 valence electrons. The van der Waals surface area contributed by atoms with E-state index in [1.807, 2.05) is 13.8 Å². The zero-order valence-corrected chi connectivity index (χ0v) is 11.1. The Balaban J connectivity index is 2.69. The van der Waals surface area contributed by atoms with Gasteiger partial charge in [-0.2, -0.15) is 0 Å². The van der Waals surface area contributed by atoms with E-state index in [1.165, 1.54) is 11.1 Å². The highest BCUT2D eigenvalue weighted by Crippen LogP contribution is 2.16. The maximum atomic E-state index is 5.61. The summed E-state index contributed by atoms with van der Waals surface area (Å²) in [6.07, 6.45) is 2.49. The molecular formula is C14H24N2O. The molecule has 0 heterocycles. The highest BCUT2D eigenvalue weighted by Gasteiger charge is 2.10. The molecule has 3 heteroatoms. The highest BCUT2D eigenvalue weighted by atomic mass is 16.5. The third-order valence-electron chi connectivity index (χ3n) is 2.69. The Morgan fingerprint density at radius 2 is 2.12 bits per heavy atom. The van der Waals surface area contributed by atoms with Gasteiger partial charge in [-0.15, -0.1) is 0 Å². The van der Waals surface area contributed by atoms with Gasteiger partial charge in [-0.25, -0.2) is 0 Å². The maximum Gasteiger partial charge on any atom is 0.0694 e. The Morgan fingerprint density at radius 1 is 1.35 bits per heavy atom. The zero-order chi connectivity index (χ0) is 12.7. The van der Waals surface area contributed by atoms with Crippen LogP contribution in [0.3, 0.4) is 0 Å². The fraction of sp³-hybridized carbons (Fsp3) is 0.571. The number of benzene rings is 1. The SMILES string of the molecule is CCCc1cccc(C(COC(C)C)NN)c1. The zero-order valence-electron chi connectivity index (χ0n) is 11.1. The van der Waals surface area contributed by atoms with Gasteiger partial charge in [0, 0.05) is 0 Å². The normalized spacial score (nSPS) is 13.0. The Hall–Kier alpha value is -0.900. The summed E-state index contributed by atoms with van der Waals surface area (Å²) < 4.78 is 5.61. The van der Waals surface area contributed by atoms with Crippen LogP contribution in [0.5, 0.6) is 0 Å². The minimum absolute atomic E-state index is 0.0641. The molecule has 3 nitrogen and oxygen atoms in total. The van der Waals surface area contributed by atoms with Crippen LogP contribution in [0.1, 0.15) is 44.4 Å².